The third-order valence-corrected chi connectivity index (χ3v) is 3.86. The van der Waals surface area contributed by atoms with E-state index in [0.29, 0.717) is 36.6 Å². The monoisotopic (exact) mass is 361 g/mol. The highest BCUT2D eigenvalue weighted by molar-refractivity contribution is 5.94. The smallest absolute Gasteiger partial charge is 0.251 e. The van der Waals surface area contributed by atoms with Gasteiger partial charge in [-0.3, -0.25) is 9.78 Å². The number of benzene rings is 1. The molecule has 2 heterocycles. The number of aromatic nitrogens is 2. The summed E-state index contributed by atoms with van der Waals surface area (Å²) in [5.74, 6) is 1.07. The molecule has 27 heavy (non-hydrogen) atoms. The summed E-state index contributed by atoms with van der Waals surface area (Å²) in [6, 6.07) is 12.8. The van der Waals surface area contributed by atoms with Crippen LogP contribution in [0.25, 0.3) is 10.9 Å². The van der Waals surface area contributed by atoms with Crippen molar-refractivity contribution in [3.63, 3.8) is 0 Å². The minimum atomic E-state index is -0.172. The summed E-state index contributed by atoms with van der Waals surface area (Å²) in [6.45, 7) is 3.34. The molecule has 7 heteroatoms. The van der Waals surface area contributed by atoms with Crippen LogP contribution in [0, 0.1) is 11.3 Å². The van der Waals surface area contributed by atoms with Gasteiger partial charge in [-0.15, -0.1) is 0 Å². The molecule has 0 unspecified atom stereocenters. The largest absolute Gasteiger partial charge is 0.494 e. The molecular formula is C20H19N5O2. The van der Waals surface area contributed by atoms with Gasteiger partial charge in [-0.2, -0.15) is 5.26 Å². The van der Waals surface area contributed by atoms with Crippen molar-refractivity contribution in [2.45, 2.75) is 6.92 Å². The van der Waals surface area contributed by atoms with Crippen molar-refractivity contribution in [3.8, 4) is 11.8 Å². The second kappa shape index (κ2) is 8.63. The molecule has 0 fully saturated rings. The highest BCUT2D eigenvalue weighted by Gasteiger charge is 2.08. The fraction of sp³-hybridized carbons (Fsp3) is 0.200. The van der Waals surface area contributed by atoms with Gasteiger partial charge in [0.2, 0.25) is 0 Å². The number of pyridine rings is 2. The van der Waals surface area contributed by atoms with E-state index < -0.39 is 0 Å². The van der Waals surface area contributed by atoms with Gasteiger partial charge in [-0.05, 0) is 43.3 Å². The van der Waals surface area contributed by atoms with Gasteiger partial charge in [-0.25, -0.2) is 4.98 Å². The topological polar surface area (TPSA) is 99.9 Å². The number of amides is 1. The number of ether oxygens (including phenoxy) is 1. The molecule has 0 spiro atoms. The molecule has 0 bridgehead atoms. The summed E-state index contributed by atoms with van der Waals surface area (Å²) < 4.78 is 5.49. The fourth-order valence-electron chi connectivity index (χ4n) is 2.59. The minimum Gasteiger partial charge on any atom is -0.494 e. The van der Waals surface area contributed by atoms with E-state index in [9.17, 15) is 10.1 Å². The van der Waals surface area contributed by atoms with E-state index in [2.05, 4.69) is 26.7 Å². The molecule has 2 N–H and O–H groups in total. The molecule has 3 aromatic rings. The summed E-state index contributed by atoms with van der Waals surface area (Å²) in [7, 11) is 0. The first-order chi connectivity index (χ1) is 13.2. The number of rotatable bonds is 7. The van der Waals surface area contributed by atoms with Gasteiger partial charge in [0.1, 0.15) is 17.6 Å². The zero-order valence-corrected chi connectivity index (χ0v) is 14.9. The quantitative estimate of drug-likeness (QED) is 0.628. The van der Waals surface area contributed by atoms with Gasteiger partial charge in [-0.1, -0.05) is 0 Å². The lowest BCUT2D eigenvalue weighted by molar-refractivity contribution is 0.0955. The van der Waals surface area contributed by atoms with E-state index in [-0.39, 0.29) is 5.91 Å². The molecule has 0 radical (unpaired) electrons. The number of hydrogen-bond acceptors (Lipinski definition) is 6. The van der Waals surface area contributed by atoms with Crippen molar-refractivity contribution in [1.29, 1.82) is 5.26 Å². The summed E-state index contributed by atoms with van der Waals surface area (Å²) in [5, 5.41) is 16.2. The Morgan fingerprint density at radius 1 is 1.19 bits per heavy atom. The van der Waals surface area contributed by atoms with Crippen molar-refractivity contribution >= 4 is 22.6 Å². The van der Waals surface area contributed by atoms with E-state index in [1.165, 1.54) is 0 Å². The third-order valence-electron chi connectivity index (χ3n) is 3.86. The highest BCUT2D eigenvalue weighted by atomic mass is 16.5. The van der Waals surface area contributed by atoms with Gasteiger partial charge in [0.05, 0.1) is 17.7 Å². The van der Waals surface area contributed by atoms with Crippen molar-refractivity contribution in [2.24, 2.45) is 0 Å². The predicted molar refractivity (Wildman–Crippen MR) is 103 cm³/mol. The molecule has 0 aliphatic carbocycles. The standard InChI is InChI=1S/C20H19N5O2/c1-2-27-17-3-4-18-15(12-17)11-16(13-21)19(25-18)23-9-10-24-20(26)14-5-7-22-8-6-14/h3-8,11-12H,2,9-10H2,1H3,(H,23,25)(H,24,26). The molecule has 1 amide bonds. The second-order valence-electron chi connectivity index (χ2n) is 5.70. The Hall–Kier alpha value is -3.66. The highest BCUT2D eigenvalue weighted by Crippen LogP contribution is 2.24. The molecule has 1 aromatic carbocycles. The Balaban J connectivity index is 1.65. The average Bonchev–Trinajstić information content (AvgIpc) is 2.71. The lowest BCUT2D eigenvalue weighted by Gasteiger charge is -2.11. The van der Waals surface area contributed by atoms with Crippen LogP contribution in [0.2, 0.25) is 0 Å². The van der Waals surface area contributed by atoms with Crippen LogP contribution in [0.5, 0.6) is 5.75 Å². The molecule has 136 valence electrons. The zero-order chi connectivity index (χ0) is 19.1. The SMILES string of the molecule is CCOc1ccc2nc(NCCNC(=O)c3ccncc3)c(C#N)cc2c1. The number of carbonyl (C=O) groups is 1. The van der Waals surface area contributed by atoms with Gasteiger partial charge >= 0.3 is 0 Å². The van der Waals surface area contributed by atoms with E-state index in [4.69, 9.17) is 4.74 Å². The first kappa shape index (κ1) is 18.1. The van der Waals surface area contributed by atoms with Crippen molar-refractivity contribution in [2.75, 3.05) is 25.0 Å². The van der Waals surface area contributed by atoms with Gasteiger partial charge in [0, 0.05) is 36.4 Å². The van der Waals surface area contributed by atoms with Crippen LogP contribution in [0.1, 0.15) is 22.8 Å². The number of nitrogens with zero attached hydrogens (tertiary/aromatic N) is 3. The zero-order valence-electron chi connectivity index (χ0n) is 14.9. The molecule has 2 aromatic heterocycles. The van der Waals surface area contributed by atoms with Crippen LogP contribution < -0.4 is 15.4 Å². The van der Waals surface area contributed by atoms with Crippen LogP contribution in [-0.2, 0) is 0 Å². The van der Waals surface area contributed by atoms with Crippen LogP contribution in [-0.4, -0.2) is 35.6 Å². The van der Waals surface area contributed by atoms with E-state index in [0.717, 1.165) is 16.7 Å². The van der Waals surface area contributed by atoms with E-state index in [1.54, 1.807) is 30.6 Å². The lowest BCUT2D eigenvalue weighted by atomic mass is 10.1. The summed E-state index contributed by atoms with van der Waals surface area (Å²) in [6.07, 6.45) is 3.14. The van der Waals surface area contributed by atoms with Crippen molar-refractivity contribution < 1.29 is 9.53 Å². The van der Waals surface area contributed by atoms with Crippen molar-refractivity contribution in [3.05, 3.63) is 59.9 Å². The average molecular weight is 361 g/mol. The van der Waals surface area contributed by atoms with E-state index in [1.807, 2.05) is 25.1 Å². The number of nitrogens with one attached hydrogen (secondary N) is 2. The Kier molecular flexibility index (Phi) is 5.80. The van der Waals surface area contributed by atoms with Crippen LogP contribution >= 0.6 is 0 Å². The number of hydrogen-bond donors (Lipinski definition) is 2. The predicted octanol–water partition coefficient (Wildman–Crippen LogP) is 2.74. The van der Waals surface area contributed by atoms with E-state index >= 15 is 0 Å². The maximum Gasteiger partial charge on any atom is 0.251 e. The summed E-state index contributed by atoms with van der Waals surface area (Å²) in [4.78, 5) is 20.4. The third kappa shape index (κ3) is 4.50. The molecular weight excluding hydrogens is 342 g/mol. The Morgan fingerprint density at radius 3 is 2.74 bits per heavy atom. The fourth-order valence-corrected chi connectivity index (χ4v) is 2.59. The van der Waals surface area contributed by atoms with Gasteiger partial charge in [0.15, 0.2) is 0 Å². The molecule has 3 rings (SSSR count). The van der Waals surface area contributed by atoms with Crippen LogP contribution in [0.15, 0.2) is 48.8 Å². The van der Waals surface area contributed by atoms with Gasteiger partial charge < -0.3 is 15.4 Å². The maximum absolute atomic E-state index is 12.0. The first-order valence-electron chi connectivity index (χ1n) is 8.61. The van der Waals surface area contributed by atoms with Gasteiger partial charge in [0.25, 0.3) is 5.91 Å². The maximum atomic E-state index is 12.0. The number of fused-ring (bicyclic) bond motifs is 1. The molecule has 7 nitrogen and oxygen atoms in total. The van der Waals surface area contributed by atoms with Crippen LogP contribution in [0.3, 0.4) is 0 Å². The number of carbonyl (C=O) groups excluding carboxylic acids is 1. The number of anilines is 1. The second-order valence-corrected chi connectivity index (χ2v) is 5.70. The molecule has 0 aliphatic heterocycles. The summed E-state index contributed by atoms with van der Waals surface area (Å²) >= 11 is 0. The Morgan fingerprint density at radius 2 is 2.00 bits per heavy atom. The Bertz CT molecular complexity index is 983. The molecule has 0 aliphatic rings. The van der Waals surface area contributed by atoms with Crippen LogP contribution in [0.4, 0.5) is 5.82 Å². The molecule has 0 atom stereocenters. The molecule has 0 saturated carbocycles. The summed E-state index contributed by atoms with van der Waals surface area (Å²) in [5.41, 5.74) is 1.76. The molecule has 0 saturated heterocycles. The lowest BCUT2D eigenvalue weighted by Crippen LogP contribution is -2.29. The minimum absolute atomic E-state index is 0.172. The Labute approximate surface area is 157 Å². The van der Waals surface area contributed by atoms with Crippen molar-refractivity contribution in [1.82, 2.24) is 15.3 Å². The first-order valence-corrected chi connectivity index (χ1v) is 8.61. The number of nitriles is 1. The normalized spacial score (nSPS) is 10.2.